The summed E-state index contributed by atoms with van der Waals surface area (Å²) in [6, 6.07) is 0. The summed E-state index contributed by atoms with van der Waals surface area (Å²) in [6.45, 7) is 6.00. The molecule has 1 aromatic rings. The Morgan fingerprint density at radius 3 is 2.93 bits per heavy atom. The Balaban J connectivity index is 2.73. The molecule has 1 amide bonds. The standard InChI is InChI=1S/C9H14N4O/c1-4-6-13(3)9(14)8-10-7(5-2)11-12-8/h4H,1,5-6H2,2-3H3,(H,10,11,12). The molecule has 1 aromatic heterocycles. The average Bonchev–Trinajstić information content (AvgIpc) is 2.65. The minimum atomic E-state index is -0.194. The van der Waals surface area contributed by atoms with Crippen molar-refractivity contribution >= 4 is 5.91 Å². The number of rotatable bonds is 4. The molecule has 0 bridgehead atoms. The van der Waals surface area contributed by atoms with E-state index in [4.69, 9.17) is 0 Å². The van der Waals surface area contributed by atoms with Crippen molar-refractivity contribution in [1.29, 1.82) is 0 Å². The van der Waals surface area contributed by atoms with Gasteiger partial charge in [0.1, 0.15) is 5.82 Å². The van der Waals surface area contributed by atoms with Gasteiger partial charge in [-0.15, -0.1) is 11.7 Å². The van der Waals surface area contributed by atoms with Crippen molar-refractivity contribution < 1.29 is 4.79 Å². The van der Waals surface area contributed by atoms with E-state index in [1.54, 1.807) is 13.1 Å². The summed E-state index contributed by atoms with van der Waals surface area (Å²) in [5.41, 5.74) is 0. The third-order valence-corrected chi connectivity index (χ3v) is 1.81. The first-order valence-electron chi connectivity index (χ1n) is 4.46. The van der Waals surface area contributed by atoms with Gasteiger partial charge in [0.2, 0.25) is 5.82 Å². The summed E-state index contributed by atoms with van der Waals surface area (Å²) in [5.74, 6) is 0.743. The van der Waals surface area contributed by atoms with E-state index in [0.29, 0.717) is 6.54 Å². The van der Waals surface area contributed by atoms with Crippen LogP contribution in [0.5, 0.6) is 0 Å². The number of carbonyl (C=O) groups excluding carboxylic acids is 1. The molecule has 0 unspecified atom stereocenters. The molecule has 0 radical (unpaired) electrons. The molecular weight excluding hydrogens is 180 g/mol. The van der Waals surface area contributed by atoms with Crippen LogP contribution in [0.15, 0.2) is 12.7 Å². The molecule has 0 aromatic carbocycles. The molecule has 1 heterocycles. The van der Waals surface area contributed by atoms with Gasteiger partial charge >= 0.3 is 0 Å². The fourth-order valence-corrected chi connectivity index (χ4v) is 0.996. The second kappa shape index (κ2) is 4.55. The van der Waals surface area contributed by atoms with Crippen LogP contribution < -0.4 is 0 Å². The molecule has 1 N–H and O–H groups in total. The van der Waals surface area contributed by atoms with E-state index in [9.17, 15) is 4.79 Å². The number of aromatic amines is 1. The first kappa shape index (κ1) is 10.4. The Bertz CT molecular complexity index is 331. The van der Waals surface area contributed by atoms with E-state index in [2.05, 4.69) is 21.8 Å². The second-order valence-corrected chi connectivity index (χ2v) is 2.93. The molecule has 14 heavy (non-hydrogen) atoms. The van der Waals surface area contributed by atoms with Crippen LogP contribution in [0.3, 0.4) is 0 Å². The number of aromatic nitrogens is 3. The molecule has 1 rings (SSSR count). The quantitative estimate of drug-likeness (QED) is 0.715. The van der Waals surface area contributed by atoms with Crippen LogP contribution in [0.4, 0.5) is 0 Å². The minimum Gasteiger partial charge on any atom is -0.335 e. The maximum atomic E-state index is 11.6. The van der Waals surface area contributed by atoms with Crippen LogP contribution in [0, 0.1) is 0 Å². The lowest BCUT2D eigenvalue weighted by molar-refractivity contribution is 0.0798. The number of amides is 1. The zero-order chi connectivity index (χ0) is 10.6. The SMILES string of the molecule is C=CCN(C)C(=O)c1n[nH]c(CC)n1. The molecule has 5 nitrogen and oxygen atoms in total. The van der Waals surface area contributed by atoms with Gasteiger partial charge in [-0.05, 0) is 0 Å². The summed E-state index contributed by atoms with van der Waals surface area (Å²) in [4.78, 5) is 17.1. The van der Waals surface area contributed by atoms with Crippen LogP contribution in [0.25, 0.3) is 0 Å². The van der Waals surface area contributed by atoms with Crippen molar-refractivity contribution in [2.24, 2.45) is 0 Å². The minimum absolute atomic E-state index is 0.194. The third-order valence-electron chi connectivity index (χ3n) is 1.81. The smallest absolute Gasteiger partial charge is 0.293 e. The molecule has 0 saturated carbocycles. The summed E-state index contributed by atoms with van der Waals surface area (Å²) in [6.07, 6.45) is 2.40. The van der Waals surface area contributed by atoms with Crippen LogP contribution in [0.2, 0.25) is 0 Å². The zero-order valence-corrected chi connectivity index (χ0v) is 8.45. The summed E-state index contributed by atoms with van der Waals surface area (Å²) in [5, 5.41) is 6.53. The number of hydrogen-bond acceptors (Lipinski definition) is 3. The van der Waals surface area contributed by atoms with E-state index >= 15 is 0 Å². The van der Waals surface area contributed by atoms with Crippen molar-refractivity contribution in [2.75, 3.05) is 13.6 Å². The lowest BCUT2D eigenvalue weighted by Gasteiger charge is -2.11. The van der Waals surface area contributed by atoms with Crippen molar-refractivity contribution in [1.82, 2.24) is 20.1 Å². The Morgan fingerprint density at radius 2 is 2.43 bits per heavy atom. The molecular formula is C9H14N4O. The zero-order valence-electron chi connectivity index (χ0n) is 8.45. The maximum absolute atomic E-state index is 11.6. The van der Waals surface area contributed by atoms with Gasteiger partial charge in [0, 0.05) is 20.0 Å². The highest BCUT2D eigenvalue weighted by Gasteiger charge is 2.15. The van der Waals surface area contributed by atoms with E-state index in [1.807, 2.05) is 6.92 Å². The van der Waals surface area contributed by atoms with Gasteiger partial charge in [0.25, 0.3) is 5.91 Å². The first-order chi connectivity index (χ1) is 6.69. The van der Waals surface area contributed by atoms with Gasteiger partial charge < -0.3 is 4.90 Å². The summed E-state index contributed by atoms with van der Waals surface area (Å²) < 4.78 is 0. The van der Waals surface area contributed by atoms with E-state index in [0.717, 1.165) is 12.2 Å². The number of aryl methyl sites for hydroxylation is 1. The Morgan fingerprint density at radius 1 is 1.71 bits per heavy atom. The van der Waals surface area contributed by atoms with E-state index < -0.39 is 0 Å². The lowest BCUT2D eigenvalue weighted by Crippen LogP contribution is -2.27. The van der Waals surface area contributed by atoms with Gasteiger partial charge in [-0.2, -0.15) is 0 Å². The topological polar surface area (TPSA) is 61.9 Å². The molecule has 0 saturated heterocycles. The molecule has 0 aliphatic carbocycles. The summed E-state index contributed by atoms with van der Waals surface area (Å²) >= 11 is 0. The Kier molecular flexibility index (Phi) is 3.39. The molecule has 0 atom stereocenters. The molecule has 5 heteroatoms. The fraction of sp³-hybridized carbons (Fsp3) is 0.444. The van der Waals surface area contributed by atoms with E-state index in [-0.39, 0.29) is 11.7 Å². The van der Waals surface area contributed by atoms with Crippen molar-refractivity contribution in [3.63, 3.8) is 0 Å². The van der Waals surface area contributed by atoms with Crippen molar-refractivity contribution in [3.8, 4) is 0 Å². The monoisotopic (exact) mass is 194 g/mol. The Hall–Kier alpha value is -1.65. The fourth-order valence-electron chi connectivity index (χ4n) is 0.996. The van der Waals surface area contributed by atoms with Crippen LogP contribution >= 0.6 is 0 Å². The van der Waals surface area contributed by atoms with E-state index in [1.165, 1.54) is 4.90 Å². The van der Waals surface area contributed by atoms with Gasteiger partial charge in [-0.25, -0.2) is 4.98 Å². The highest BCUT2D eigenvalue weighted by Crippen LogP contribution is 1.98. The van der Waals surface area contributed by atoms with Gasteiger partial charge in [0.15, 0.2) is 0 Å². The van der Waals surface area contributed by atoms with Gasteiger partial charge in [0.05, 0.1) is 0 Å². The highest BCUT2D eigenvalue weighted by atomic mass is 16.2. The van der Waals surface area contributed by atoms with Crippen LogP contribution in [0.1, 0.15) is 23.4 Å². The highest BCUT2D eigenvalue weighted by molar-refractivity contribution is 5.90. The molecule has 0 fully saturated rings. The summed E-state index contributed by atoms with van der Waals surface area (Å²) in [7, 11) is 1.69. The van der Waals surface area contributed by atoms with Crippen LogP contribution in [-0.4, -0.2) is 39.6 Å². The average molecular weight is 194 g/mol. The second-order valence-electron chi connectivity index (χ2n) is 2.93. The number of carbonyl (C=O) groups is 1. The maximum Gasteiger partial charge on any atom is 0.293 e. The number of likely N-dealkylation sites (N-methyl/N-ethyl adjacent to an activating group) is 1. The van der Waals surface area contributed by atoms with Gasteiger partial charge in [-0.3, -0.25) is 9.89 Å². The molecule has 0 spiro atoms. The van der Waals surface area contributed by atoms with Crippen molar-refractivity contribution in [3.05, 3.63) is 24.3 Å². The predicted octanol–water partition coefficient (Wildman–Crippen LogP) is 0.625. The van der Waals surface area contributed by atoms with Gasteiger partial charge in [-0.1, -0.05) is 13.0 Å². The predicted molar refractivity (Wildman–Crippen MR) is 52.9 cm³/mol. The van der Waals surface area contributed by atoms with Crippen molar-refractivity contribution in [2.45, 2.75) is 13.3 Å². The number of nitrogens with zero attached hydrogens (tertiary/aromatic N) is 3. The number of H-pyrrole nitrogens is 1. The molecule has 76 valence electrons. The normalized spacial score (nSPS) is 9.86. The Labute approximate surface area is 82.8 Å². The first-order valence-corrected chi connectivity index (χ1v) is 4.46. The third kappa shape index (κ3) is 2.18. The van der Waals surface area contributed by atoms with Crippen LogP contribution in [-0.2, 0) is 6.42 Å². The molecule has 0 aliphatic rings. The largest absolute Gasteiger partial charge is 0.335 e. The number of hydrogen-bond donors (Lipinski definition) is 1. The lowest BCUT2D eigenvalue weighted by atomic mass is 10.4. The molecule has 0 aliphatic heterocycles. The number of nitrogens with one attached hydrogen (secondary N) is 1.